The molecule has 3 rings (SSSR count). The summed E-state index contributed by atoms with van der Waals surface area (Å²) in [4.78, 5) is 16.8. The van der Waals surface area contributed by atoms with Crippen molar-refractivity contribution in [3.8, 4) is 0 Å². The molecular weight excluding hydrogens is 402 g/mol. The number of carbonyl (C=O) groups is 1. The lowest BCUT2D eigenvalue weighted by molar-refractivity contribution is -0.117. The molecule has 0 aromatic heterocycles. The first-order chi connectivity index (χ1) is 12.1. The van der Waals surface area contributed by atoms with Crippen molar-refractivity contribution >= 4 is 39.1 Å². The van der Waals surface area contributed by atoms with Crippen LogP contribution in [0.2, 0.25) is 5.02 Å². The van der Waals surface area contributed by atoms with Gasteiger partial charge in [-0.1, -0.05) is 45.7 Å². The molecule has 6 heteroatoms. The lowest BCUT2D eigenvalue weighted by Crippen LogP contribution is -2.48. The number of nitrogens with one attached hydrogen (secondary N) is 1. The van der Waals surface area contributed by atoms with E-state index in [4.69, 9.17) is 11.6 Å². The second kappa shape index (κ2) is 8.81. The van der Waals surface area contributed by atoms with Gasteiger partial charge in [0.25, 0.3) is 0 Å². The van der Waals surface area contributed by atoms with Crippen molar-refractivity contribution in [3.63, 3.8) is 0 Å². The number of carbonyl (C=O) groups excluding carboxylic acids is 1. The third kappa shape index (κ3) is 5.54. The van der Waals surface area contributed by atoms with Gasteiger partial charge in [0.1, 0.15) is 0 Å². The average Bonchev–Trinajstić information content (AvgIpc) is 2.61. The van der Waals surface area contributed by atoms with Crippen LogP contribution in [0.15, 0.2) is 53.0 Å². The molecule has 132 valence electrons. The summed E-state index contributed by atoms with van der Waals surface area (Å²) in [6, 6.07) is 15.6. The van der Waals surface area contributed by atoms with Crippen LogP contribution < -0.4 is 5.32 Å². The maximum Gasteiger partial charge on any atom is 0.238 e. The summed E-state index contributed by atoms with van der Waals surface area (Å²) < 4.78 is 1.00. The summed E-state index contributed by atoms with van der Waals surface area (Å²) >= 11 is 9.63. The van der Waals surface area contributed by atoms with Crippen LogP contribution in [0.1, 0.15) is 5.56 Å². The summed E-state index contributed by atoms with van der Waals surface area (Å²) in [5.41, 5.74) is 1.98. The van der Waals surface area contributed by atoms with Crippen molar-refractivity contribution in [2.45, 2.75) is 6.54 Å². The number of amides is 1. The largest absolute Gasteiger partial charge is 0.325 e. The van der Waals surface area contributed by atoms with E-state index in [1.54, 1.807) is 0 Å². The number of rotatable bonds is 5. The summed E-state index contributed by atoms with van der Waals surface area (Å²) in [7, 11) is 0. The first-order valence-corrected chi connectivity index (χ1v) is 9.51. The quantitative estimate of drug-likeness (QED) is 0.795. The molecule has 1 saturated heterocycles. The van der Waals surface area contributed by atoms with Gasteiger partial charge in [0.15, 0.2) is 0 Å². The summed E-state index contributed by atoms with van der Waals surface area (Å²) in [6.07, 6.45) is 0. The molecule has 2 aromatic carbocycles. The molecule has 1 heterocycles. The fraction of sp³-hybridized carbons (Fsp3) is 0.316. The second-order valence-electron chi connectivity index (χ2n) is 6.20. The molecule has 1 amide bonds. The zero-order valence-electron chi connectivity index (χ0n) is 13.9. The second-order valence-corrected chi connectivity index (χ2v) is 7.52. The van der Waals surface area contributed by atoms with E-state index in [2.05, 4.69) is 37.1 Å². The van der Waals surface area contributed by atoms with E-state index >= 15 is 0 Å². The average molecular weight is 423 g/mol. The summed E-state index contributed by atoms with van der Waals surface area (Å²) in [6.45, 7) is 4.94. The van der Waals surface area contributed by atoms with Gasteiger partial charge in [0.2, 0.25) is 5.91 Å². The fourth-order valence-electron chi connectivity index (χ4n) is 2.91. The molecule has 1 aliphatic rings. The highest BCUT2D eigenvalue weighted by molar-refractivity contribution is 9.10. The molecule has 0 saturated carbocycles. The van der Waals surface area contributed by atoms with Gasteiger partial charge in [-0.25, -0.2) is 0 Å². The Labute approximate surface area is 161 Å². The third-order valence-corrected chi connectivity index (χ3v) is 5.21. The molecule has 0 radical (unpaired) electrons. The Kier molecular flexibility index (Phi) is 6.48. The highest BCUT2D eigenvalue weighted by Gasteiger charge is 2.19. The molecule has 0 atom stereocenters. The van der Waals surface area contributed by atoms with Gasteiger partial charge in [0.05, 0.1) is 6.54 Å². The molecular formula is C19H21BrClN3O. The maximum absolute atomic E-state index is 12.2. The van der Waals surface area contributed by atoms with Crippen molar-refractivity contribution in [2.24, 2.45) is 0 Å². The fourth-order valence-corrected chi connectivity index (χ4v) is 3.37. The van der Waals surface area contributed by atoms with Crippen molar-refractivity contribution in [1.29, 1.82) is 0 Å². The highest BCUT2D eigenvalue weighted by atomic mass is 79.9. The minimum atomic E-state index is 0.0295. The third-order valence-electron chi connectivity index (χ3n) is 4.31. The van der Waals surface area contributed by atoms with Crippen molar-refractivity contribution in [1.82, 2.24) is 9.80 Å². The number of hydrogen-bond donors (Lipinski definition) is 1. The molecule has 0 unspecified atom stereocenters. The van der Waals surface area contributed by atoms with Gasteiger partial charge in [-0.2, -0.15) is 0 Å². The molecule has 0 bridgehead atoms. The Bertz CT molecular complexity index is 715. The Hall–Kier alpha value is -1.40. The molecule has 1 fully saturated rings. The smallest absolute Gasteiger partial charge is 0.238 e. The first kappa shape index (κ1) is 18.4. The normalized spacial score (nSPS) is 15.9. The molecule has 0 aliphatic carbocycles. The summed E-state index contributed by atoms with van der Waals surface area (Å²) in [5.74, 6) is 0.0295. The van der Waals surface area contributed by atoms with Gasteiger partial charge >= 0.3 is 0 Å². The zero-order valence-corrected chi connectivity index (χ0v) is 16.3. The van der Waals surface area contributed by atoms with Crippen LogP contribution in [0.5, 0.6) is 0 Å². The molecule has 4 nitrogen and oxygen atoms in total. The SMILES string of the molecule is O=C(CN1CCN(Cc2ccccc2Cl)CC1)Nc1ccc(Br)cc1. The van der Waals surface area contributed by atoms with Gasteiger partial charge in [-0.3, -0.25) is 14.6 Å². The van der Waals surface area contributed by atoms with Crippen LogP contribution in [0, 0.1) is 0 Å². The first-order valence-electron chi connectivity index (χ1n) is 8.34. The van der Waals surface area contributed by atoms with Gasteiger partial charge in [0, 0.05) is 47.9 Å². The summed E-state index contributed by atoms with van der Waals surface area (Å²) in [5, 5.41) is 3.76. The number of anilines is 1. The van der Waals surface area contributed by atoms with Gasteiger partial charge in [-0.15, -0.1) is 0 Å². The standard InChI is InChI=1S/C19H21BrClN3O/c20-16-5-7-17(8-6-16)22-19(25)14-24-11-9-23(10-12-24)13-15-3-1-2-4-18(15)21/h1-8H,9-14H2,(H,22,25). The van der Waals surface area contributed by atoms with E-state index in [1.807, 2.05) is 42.5 Å². The Morgan fingerprint density at radius 2 is 1.64 bits per heavy atom. The van der Waals surface area contributed by atoms with Crippen LogP contribution in [-0.4, -0.2) is 48.4 Å². The molecule has 25 heavy (non-hydrogen) atoms. The minimum absolute atomic E-state index is 0.0295. The Morgan fingerprint density at radius 1 is 1.00 bits per heavy atom. The molecule has 2 aromatic rings. The van der Waals surface area contributed by atoms with E-state index in [1.165, 1.54) is 0 Å². The zero-order chi connectivity index (χ0) is 17.6. The van der Waals surface area contributed by atoms with E-state index in [9.17, 15) is 4.79 Å². The number of benzene rings is 2. The van der Waals surface area contributed by atoms with Gasteiger partial charge < -0.3 is 5.32 Å². The van der Waals surface area contributed by atoms with E-state index < -0.39 is 0 Å². The topological polar surface area (TPSA) is 35.6 Å². The monoisotopic (exact) mass is 421 g/mol. The van der Waals surface area contributed by atoms with Crippen LogP contribution >= 0.6 is 27.5 Å². The lowest BCUT2D eigenvalue weighted by Gasteiger charge is -2.34. The Morgan fingerprint density at radius 3 is 2.32 bits per heavy atom. The predicted octanol–water partition coefficient (Wildman–Crippen LogP) is 3.86. The minimum Gasteiger partial charge on any atom is -0.325 e. The Balaban J connectivity index is 1.43. The molecule has 1 N–H and O–H groups in total. The van der Waals surface area contributed by atoms with Crippen molar-refractivity contribution < 1.29 is 4.79 Å². The van der Waals surface area contributed by atoms with E-state index in [0.29, 0.717) is 6.54 Å². The number of halogens is 2. The van der Waals surface area contributed by atoms with Crippen LogP contribution in [0.4, 0.5) is 5.69 Å². The van der Waals surface area contributed by atoms with Crippen LogP contribution in [-0.2, 0) is 11.3 Å². The van der Waals surface area contributed by atoms with Gasteiger partial charge in [-0.05, 0) is 35.9 Å². The van der Waals surface area contributed by atoms with E-state index in [-0.39, 0.29) is 5.91 Å². The molecule has 1 aliphatic heterocycles. The number of piperazine rings is 1. The number of nitrogens with zero attached hydrogens (tertiary/aromatic N) is 2. The van der Waals surface area contributed by atoms with Crippen molar-refractivity contribution in [2.75, 3.05) is 38.0 Å². The van der Waals surface area contributed by atoms with Crippen molar-refractivity contribution in [3.05, 3.63) is 63.6 Å². The predicted molar refractivity (Wildman–Crippen MR) is 106 cm³/mol. The maximum atomic E-state index is 12.2. The van der Waals surface area contributed by atoms with Crippen LogP contribution in [0.3, 0.4) is 0 Å². The van der Waals surface area contributed by atoms with E-state index in [0.717, 1.165) is 53.5 Å². The highest BCUT2D eigenvalue weighted by Crippen LogP contribution is 2.18. The lowest BCUT2D eigenvalue weighted by atomic mass is 10.2. The van der Waals surface area contributed by atoms with Crippen LogP contribution in [0.25, 0.3) is 0 Å². The molecule has 0 spiro atoms. The number of hydrogen-bond acceptors (Lipinski definition) is 3.